The average molecular weight is 336 g/mol. The van der Waals surface area contributed by atoms with E-state index in [0.717, 1.165) is 13.0 Å². The van der Waals surface area contributed by atoms with Crippen molar-refractivity contribution in [3.63, 3.8) is 0 Å². The Bertz CT molecular complexity index is 563. The van der Waals surface area contributed by atoms with E-state index in [1.165, 1.54) is 0 Å². The lowest BCUT2D eigenvalue weighted by Crippen LogP contribution is -2.51. The molecule has 0 aliphatic carbocycles. The number of fused-ring (bicyclic) bond motifs is 1. The zero-order valence-corrected chi connectivity index (χ0v) is 15.0. The number of guanidine groups is 1. The first-order valence-electron chi connectivity index (χ1n) is 8.50. The molecule has 0 saturated heterocycles. The summed E-state index contributed by atoms with van der Waals surface area (Å²) in [6.45, 7) is 10.8. The van der Waals surface area contributed by atoms with Crippen LogP contribution in [0.4, 0.5) is 0 Å². The number of hydrazine groups is 1. The molecule has 1 aliphatic heterocycles. The molecule has 2 rings (SSSR count). The zero-order chi connectivity index (χ0) is 17.5. The highest BCUT2D eigenvalue weighted by molar-refractivity contribution is 5.79. The van der Waals surface area contributed by atoms with Gasteiger partial charge in [0.15, 0.2) is 5.75 Å². The van der Waals surface area contributed by atoms with Crippen LogP contribution in [0.3, 0.4) is 0 Å². The molecule has 0 spiro atoms. The van der Waals surface area contributed by atoms with Gasteiger partial charge >= 0.3 is 0 Å². The van der Waals surface area contributed by atoms with Gasteiger partial charge in [0.2, 0.25) is 11.5 Å². The van der Waals surface area contributed by atoms with Crippen LogP contribution in [0, 0.1) is 0 Å². The van der Waals surface area contributed by atoms with Crippen molar-refractivity contribution < 1.29 is 14.3 Å². The standard InChI is InChI=1S/C17H28N4O3/c1-5-10-21(18)17(20(6-2)13(3)4)19-24-15-9-7-8-14-16(15)23-12-11-22-14/h7-9,13H,5-6,10-12,18H2,1-4H3. The maximum absolute atomic E-state index is 6.17. The Morgan fingerprint density at radius 1 is 1.29 bits per heavy atom. The molecular weight excluding hydrogens is 308 g/mol. The van der Waals surface area contributed by atoms with E-state index < -0.39 is 0 Å². The Hall–Kier alpha value is -2.15. The fourth-order valence-electron chi connectivity index (χ4n) is 2.56. The number of oxime groups is 1. The van der Waals surface area contributed by atoms with Crippen molar-refractivity contribution in [3.05, 3.63) is 18.2 Å². The lowest BCUT2D eigenvalue weighted by molar-refractivity contribution is 0.161. The Balaban J connectivity index is 2.26. The predicted octanol–water partition coefficient (Wildman–Crippen LogP) is 2.42. The molecule has 0 fully saturated rings. The summed E-state index contributed by atoms with van der Waals surface area (Å²) in [7, 11) is 0. The van der Waals surface area contributed by atoms with Gasteiger partial charge in [0.25, 0.3) is 5.96 Å². The summed E-state index contributed by atoms with van der Waals surface area (Å²) in [4.78, 5) is 7.77. The summed E-state index contributed by atoms with van der Waals surface area (Å²) in [5, 5.41) is 5.94. The van der Waals surface area contributed by atoms with Gasteiger partial charge in [0.1, 0.15) is 13.2 Å². The summed E-state index contributed by atoms with van der Waals surface area (Å²) in [5.41, 5.74) is 0. The third-order valence-electron chi connectivity index (χ3n) is 3.70. The Labute approximate surface area is 143 Å². The largest absolute Gasteiger partial charge is 0.486 e. The molecule has 0 amide bonds. The van der Waals surface area contributed by atoms with Crippen molar-refractivity contribution in [2.24, 2.45) is 11.0 Å². The van der Waals surface area contributed by atoms with Crippen LogP contribution >= 0.6 is 0 Å². The van der Waals surface area contributed by atoms with E-state index in [9.17, 15) is 0 Å². The summed E-state index contributed by atoms with van der Waals surface area (Å²) in [6.07, 6.45) is 0.919. The minimum atomic E-state index is 0.254. The van der Waals surface area contributed by atoms with Gasteiger partial charge in [0.05, 0.1) is 0 Å². The van der Waals surface area contributed by atoms with Crippen LogP contribution in [-0.2, 0) is 0 Å². The van der Waals surface area contributed by atoms with Gasteiger partial charge in [-0.25, -0.2) is 5.84 Å². The van der Waals surface area contributed by atoms with Crippen LogP contribution in [0.25, 0.3) is 0 Å². The van der Waals surface area contributed by atoms with E-state index in [0.29, 0.717) is 43.0 Å². The third kappa shape index (κ3) is 4.23. The molecule has 0 bridgehead atoms. The van der Waals surface area contributed by atoms with Crippen LogP contribution in [0.1, 0.15) is 34.1 Å². The first-order chi connectivity index (χ1) is 11.6. The van der Waals surface area contributed by atoms with Gasteiger partial charge in [-0.05, 0) is 44.5 Å². The minimum absolute atomic E-state index is 0.254. The summed E-state index contributed by atoms with van der Waals surface area (Å²) in [5.74, 6) is 8.55. The van der Waals surface area contributed by atoms with Crippen LogP contribution in [0.2, 0.25) is 0 Å². The smallest absolute Gasteiger partial charge is 0.253 e. The molecule has 134 valence electrons. The third-order valence-corrected chi connectivity index (χ3v) is 3.70. The number of hydrogen-bond donors (Lipinski definition) is 1. The minimum Gasteiger partial charge on any atom is -0.486 e. The van der Waals surface area contributed by atoms with E-state index in [-0.39, 0.29) is 6.04 Å². The van der Waals surface area contributed by atoms with Crippen molar-refractivity contribution in [1.82, 2.24) is 9.91 Å². The highest BCUT2D eigenvalue weighted by Crippen LogP contribution is 2.39. The number of rotatable bonds is 6. The molecule has 0 radical (unpaired) electrons. The molecule has 7 heteroatoms. The van der Waals surface area contributed by atoms with Crippen molar-refractivity contribution in [2.45, 2.75) is 40.2 Å². The quantitative estimate of drug-likeness (QED) is 0.372. The summed E-state index contributed by atoms with van der Waals surface area (Å²) in [6, 6.07) is 5.76. The molecule has 0 unspecified atom stereocenters. The molecular formula is C17H28N4O3. The van der Waals surface area contributed by atoms with Gasteiger partial charge in [-0.1, -0.05) is 13.0 Å². The number of hydrogen-bond acceptors (Lipinski definition) is 5. The Kier molecular flexibility index (Phi) is 6.54. The van der Waals surface area contributed by atoms with E-state index in [2.05, 4.69) is 37.8 Å². The first kappa shape index (κ1) is 18.2. The van der Waals surface area contributed by atoms with Gasteiger partial charge in [-0.3, -0.25) is 5.01 Å². The van der Waals surface area contributed by atoms with Crippen LogP contribution in [-0.4, -0.2) is 48.2 Å². The fourth-order valence-corrected chi connectivity index (χ4v) is 2.56. The van der Waals surface area contributed by atoms with Crippen molar-refractivity contribution in [1.29, 1.82) is 0 Å². The maximum Gasteiger partial charge on any atom is 0.253 e. The molecule has 1 aromatic rings. The number of nitrogens with two attached hydrogens (primary N) is 1. The topological polar surface area (TPSA) is 72.5 Å². The van der Waals surface area contributed by atoms with Gasteiger partial charge in [-0.15, -0.1) is 0 Å². The van der Waals surface area contributed by atoms with Crippen molar-refractivity contribution in [3.8, 4) is 17.2 Å². The van der Waals surface area contributed by atoms with Crippen LogP contribution < -0.4 is 20.2 Å². The van der Waals surface area contributed by atoms with Gasteiger partial charge < -0.3 is 19.2 Å². The fraction of sp³-hybridized carbons (Fsp3) is 0.588. The first-order valence-corrected chi connectivity index (χ1v) is 8.50. The molecule has 7 nitrogen and oxygen atoms in total. The van der Waals surface area contributed by atoms with E-state index in [4.69, 9.17) is 20.2 Å². The Morgan fingerprint density at radius 2 is 2.04 bits per heavy atom. The normalized spacial score (nSPS) is 13.8. The Morgan fingerprint density at radius 3 is 2.71 bits per heavy atom. The monoisotopic (exact) mass is 336 g/mol. The zero-order valence-electron chi connectivity index (χ0n) is 15.0. The molecule has 0 aromatic heterocycles. The molecule has 0 atom stereocenters. The molecule has 1 heterocycles. The van der Waals surface area contributed by atoms with Gasteiger partial charge in [-0.2, -0.15) is 0 Å². The lowest BCUT2D eigenvalue weighted by atomic mass is 10.3. The second-order valence-electron chi connectivity index (χ2n) is 5.84. The predicted molar refractivity (Wildman–Crippen MR) is 94.2 cm³/mol. The number of benzene rings is 1. The lowest BCUT2D eigenvalue weighted by Gasteiger charge is -2.32. The van der Waals surface area contributed by atoms with Crippen LogP contribution in [0.15, 0.2) is 23.4 Å². The maximum atomic E-state index is 6.17. The van der Waals surface area contributed by atoms with E-state index >= 15 is 0 Å². The molecule has 1 aromatic carbocycles. The van der Waals surface area contributed by atoms with Crippen LogP contribution in [0.5, 0.6) is 17.2 Å². The highest BCUT2D eigenvalue weighted by atomic mass is 16.6. The molecule has 24 heavy (non-hydrogen) atoms. The summed E-state index contributed by atoms with van der Waals surface area (Å²) >= 11 is 0. The molecule has 1 aliphatic rings. The highest BCUT2D eigenvalue weighted by Gasteiger charge is 2.21. The molecule has 2 N–H and O–H groups in total. The second-order valence-corrected chi connectivity index (χ2v) is 5.84. The summed E-state index contributed by atoms with van der Waals surface area (Å²) < 4.78 is 11.2. The average Bonchev–Trinajstić information content (AvgIpc) is 2.58. The SMILES string of the molecule is CCCN(N)C(=NOc1cccc2c1OCCO2)N(CC)C(C)C. The van der Waals surface area contributed by atoms with E-state index in [1.54, 1.807) is 11.1 Å². The number of ether oxygens (including phenoxy) is 2. The van der Waals surface area contributed by atoms with Gasteiger partial charge in [0, 0.05) is 19.1 Å². The number of para-hydroxylation sites is 1. The van der Waals surface area contributed by atoms with E-state index in [1.807, 2.05) is 12.1 Å². The second kappa shape index (κ2) is 8.63. The molecule has 0 saturated carbocycles. The van der Waals surface area contributed by atoms with Crippen molar-refractivity contribution >= 4 is 5.96 Å². The van der Waals surface area contributed by atoms with Crippen molar-refractivity contribution in [2.75, 3.05) is 26.3 Å². The number of nitrogens with zero attached hydrogens (tertiary/aromatic N) is 3.